The number of hydrogen-bond acceptors (Lipinski definition) is 3. The van der Waals surface area contributed by atoms with E-state index in [1.807, 2.05) is 6.07 Å². The summed E-state index contributed by atoms with van der Waals surface area (Å²) in [6.45, 7) is 4.29. The maximum atomic E-state index is 10.7. The average Bonchev–Trinajstić information content (AvgIpc) is 2.51. The molecule has 0 saturated heterocycles. The summed E-state index contributed by atoms with van der Waals surface area (Å²) in [4.78, 5) is 2.64. The van der Waals surface area contributed by atoms with Gasteiger partial charge in [-0.05, 0) is 49.2 Å². The summed E-state index contributed by atoms with van der Waals surface area (Å²) in [5.74, 6) is 0. The van der Waals surface area contributed by atoms with E-state index in [9.17, 15) is 13.2 Å². The van der Waals surface area contributed by atoms with Crippen LogP contribution in [0.5, 0.6) is 0 Å². The zero-order valence-electron chi connectivity index (χ0n) is 13.4. The van der Waals surface area contributed by atoms with E-state index >= 15 is 0 Å². The second kappa shape index (κ2) is 8.93. The molecule has 0 bridgehead atoms. The van der Waals surface area contributed by atoms with E-state index in [0.29, 0.717) is 5.21 Å². The van der Waals surface area contributed by atoms with Crippen LogP contribution in [0.3, 0.4) is 0 Å². The van der Waals surface area contributed by atoms with Crippen LogP contribution in [-0.2, 0) is 21.0 Å². The normalized spacial score (nSPS) is 12.9. The summed E-state index contributed by atoms with van der Waals surface area (Å²) in [6, 6.07) is 17.1. The molecule has 0 aliphatic heterocycles. The zero-order valence-corrected chi connectivity index (χ0v) is 15.8. The highest BCUT2D eigenvalue weighted by Crippen LogP contribution is 2.26. The molecule has 0 radical (unpaired) electrons. The predicted octanol–water partition coefficient (Wildman–Crippen LogP) is 4.59. The summed E-state index contributed by atoms with van der Waals surface area (Å²) < 4.78 is 58.9. The molecule has 2 aromatic rings. The van der Waals surface area contributed by atoms with Crippen molar-refractivity contribution < 1.29 is 26.1 Å². The molecule has 0 aliphatic rings. The second-order valence-corrected chi connectivity index (χ2v) is 8.93. The molecule has 0 aliphatic carbocycles. The van der Waals surface area contributed by atoms with Crippen molar-refractivity contribution in [1.29, 1.82) is 0 Å². The summed E-state index contributed by atoms with van der Waals surface area (Å²) >= 11 is 6.14. The fourth-order valence-corrected chi connectivity index (χ4v) is 4.03. The SMILES string of the molecule is Cc1ccc([S+](CCl)c2ccccc2)cc1C.O=S(=O)([O-])C(F)(F)F. The number of aryl methyl sites for hydroxylation is 2. The Labute approximate surface area is 152 Å². The third kappa shape index (κ3) is 6.54. The fourth-order valence-electron chi connectivity index (χ4n) is 1.71. The molecule has 0 fully saturated rings. The minimum atomic E-state index is -6.09. The van der Waals surface area contributed by atoms with Crippen LogP contribution in [0.25, 0.3) is 0 Å². The van der Waals surface area contributed by atoms with Gasteiger partial charge in [0, 0.05) is 0 Å². The van der Waals surface area contributed by atoms with Crippen molar-refractivity contribution in [3.63, 3.8) is 0 Å². The molecule has 0 spiro atoms. The summed E-state index contributed by atoms with van der Waals surface area (Å²) in [7, 11) is -6.10. The Morgan fingerprint density at radius 3 is 1.92 bits per heavy atom. The van der Waals surface area contributed by atoms with E-state index in [0.717, 1.165) is 0 Å². The molecule has 1 unspecified atom stereocenters. The van der Waals surface area contributed by atoms with Crippen molar-refractivity contribution in [3.8, 4) is 0 Å². The summed E-state index contributed by atoms with van der Waals surface area (Å²) in [6.07, 6.45) is 0. The molecule has 0 amide bonds. The van der Waals surface area contributed by atoms with Gasteiger partial charge in [-0.3, -0.25) is 0 Å². The van der Waals surface area contributed by atoms with E-state index in [4.69, 9.17) is 24.6 Å². The second-order valence-electron chi connectivity index (χ2n) is 4.96. The first kappa shape index (κ1) is 21.8. The van der Waals surface area contributed by atoms with Gasteiger partial charge in [-0.2, -0.15) is 13.2 Å². The third-order valence-corrected chi connectivity index (χ3v) is 6.29. The average molecular weight is 413 g/mol. The molecule has 2 aromatic carbocycles. The van der Waals surface area contributed by atoms with Gasteiger partial charge in [0.15, 0.2) is 25.1 Å². The van der Waals surface area contributed by atoms with Crippen molar-refractivity contribution in [2.24, 2.45) is 0 Å². The zero-order chi connectivity index (χ0) is 19.3. The molecule has 138 valence electrons. The molecule has 2 rings (SSSR count). The lowest BCUT2D eigenvalue weighted by Gasteiger charge is -2.08. The number of halogens is 4. The first-order valence-electron chi connectivity index (χ1n) is 6.88. The van der Waals surface area contributed by atoms with Crippen molar-refractivity contribution >= 4 is 32.6 Å². The molecule has 0 saturated carbocycles. The topological polar surface area (TPSA) is 57.2 Å². The summed E-state index contributed by atoms with van der Waals surface area (Å²) in [5.41, 5.74) is -2.98. The van der Waals surface area contributed by atoms with E-state index in [-0.39, 0.29) is 10.9 Å². The van der Waals surface area contributed by atoms with Gasteiger partial charge in [0.2, 0.25) is 0 Å². The van der Waals surface area contributed by atoms with Gasteiger partial charge in [0.1, 0.15) is 0 Å². The first-order chi connectivity index (χ1) is 11.5. The number of benzene rings is 2. The molecule has 0 aromatic heterocycles. The monoisotopic (exact) mass is 412 g/mol. The Morgan fingerprint density at radius 1 is 1.00 bits per heavy atom. The third-order valence-electron chi connectivity index (χ3n) is 3.18. The van der Waals surface area contributed by atoms with E-state index in [2.05, 4.69) is 56.3 Å². The summed E-state index contributed by atoms with van der Waals surface area (Å²) in [5, 5.41) is 0.645. The van der Waals surface area contributed by atoms with Gasteiger partial charge >= 0.3 is 5.51 Å². The van der Waals surface area contributed by atoms with Crippen LogP contribution in [-0.4, -0.2) is 23.7 Å². The molecule has 3 nitrogen and oxygen atoms in total. The van der Waals surface area contributed by atoms with E-state index in [1.54, 1.807) is 0 Å². The Hall–Kier alpha value is -1.22. The van der Waals surface area contributed by atoms with Crippen molar-refractivity contribution in [2.75, 3.05) is 5.21 Å². The van der Waals surface area contributed by atoms with Crippen LogP contribution < -0.4 is 0 Å². The molecular formula is C16H16ClF3O3S2. The number of alkyl halides is 4. The van der Waals surface area contributed by atoms with Gasteiger partial charge in [0.25, 0.3) is 0 Å². The molecule has 0 N–H and O–H groups in total. The lowest BCUT2D eigenvalue weighted by Crippen LogP contribution is -2.21. The minimum absolute atomic E-state index is 0.0113. The van der Waals surface area contributed by atoms with Gasteiger partial charge in [0.05, 0.1) is 10.9 Å². The lowest BCUT2D eigenvalue weighted by molar-refractivity contribution is -0.0517. The molecule has 0 heterocycles. The van der Waals surface area contributed by atoms with Gasteiger partial charge in [-0.1, -0.05) is 35.9 Å². The standard InChI is InChI=1S/C15H16ClS.CHF3O3S/c1-12-8-9-15(10-13(12)2)17(11-16)14-6-4-3-5-7-14;2-1(3,4)8(5,6)7/h3-10H,11H2,1-2H3;(H,5,6,7)/q+1;/p-1. The Kier molecular flexibility index (Phi) is 7.80. The Balaban J connectivity index is 0.000000333. The van der Waals surface area contributed by atoms with Crippen molar-refractivity contribution in [2.45, 2.75) is 29.1 Å². The largest absolute Gasteiger partial charge is 0.741 e. The van der Waals surface area contributed by atoms with Crippen molar-refractivity contribution in [1.82, 2.24) is 0 Å². The minimum Gasteiger partial charge on any atom is -0.741 e. The van der Waals surface area contributed by atoms with Gasteiger partial charge in [-0.15, -0.1) is 0 Å². The molecule has 1 atom stereocenters. The van der Waals surface area contributed by atoms with Crippen molar-refractivity contribution in [3.05, 3.63) is 59.7 Å². The van der Waals surface area contributed by atoms with Crippen LogP contribution in [0.1, 0.15) is 11.1 Å². The molecular weight excluding hydrogens is 397 g/mol. The Morgan fingerprint density at radius 2 is 1.52 bits per heavy atom. The molecule has 25 heavy (non-hydrogen) atoms. The van der Waals surface area contributed by atoms with Crippen LogP contribution in [0.2, 0.25) is 0 Å². The highest BCUT2D eigenvalue weighted by Gasteiger charge is 2.36. The van der Waals surface area contributed by atoms with Crippen LogP contribution >= 0.6 is 11.6 Å². The Bertz CT molecular complexity index is 794. The van der Waals surface area contributed by atoms with Crippen LogP contribution in [0.15, 0.2) is 58.3 Å². The fraction of sp³-hybridized carbons (Fsp3) is 0.250. The highest BCUT2D eigenvalue weighted by atomic mass is 35.5. The number of hydrogen-bond donors (Lipinski definition) is 0. The van der Waals surface area contributed by atoms with E-state index in [1.165, 1.54) is 20.9 Å². The maximum absolute atomic E-state index is 10.7. The quantitative estimate of drug-likeness (QED) is 0.320. The van der Waals surface area contributed by atoms with Crippen LogP contribution in [0.4, 0.5) is 13.2 Å². The maximum Gasteiger partial charge on any atom is 0.485 e. The smallest absolute Gasteiger partial charge is 0.485 e. The highest BCUT2D eigenvalue weighted by molar-refractivity contribution is 7.98. The molecule has 9 heteroatoms. The first-order valence-corrected chi connectivity index (χ1v) is 10.2. The van der Waals surface area contributed by atoms with E-state index < -0.39 is 15.6 Å². The van der Waals surface area contributed by atoms with Gasteiger partial charge < -0.3 is 4.55 Å². The predicted molar refractivity (Wildman–Crippen MR) is 92.7 cm³/mol. The number of rotatable bonds is 3. The van der Waals surface area contributed by atoms with Gasteiger partial charge in [-0.25, -0.2) is 8.42 Å². The lowest BCUT2D eigenvalue weighted by atomic mass is 10.1. The van der Waals surface area contributed by atoms with Crippen LogP contribution in [0, 0.1) is 13.8 Å².